The van der Waals surface area contributed by atoms with Gasteiger partial charge in [0.2, 0.25) is 0 Å². The first-order chi connectivity index (χ1) is 7.25. The fourth-order valence-electron chi connectivity index (χ4n) is 2.56. The van der Waals surface area contributed by atoms with E-state index >= 15 is 0 Å². The van der Waals surface area contributed by atoms with Gasteiger partial charge in [0, 0.05) is 32.7 Å². The summed E-state index contributed by atoms with van der Waals surface area (Å²) >= 11 is 0. The number of hydrogen-bond donors (Lipinski definition) is 1. The van der Waals surface area contributed by atoms with Crippen LogP contribution in [0.3, 0.4) is 0 Å². The van der Waals surface area contributed by atoms with E-state index in [0.29, 0.717) is 6.10 Å². The molecule has 3 atom stereocenters. The molecular formula is C12H24N2O. The van der Waals surface area contributed by atoms with Crippen molar-refractivity contribution in [3.63, 3.8) is 0 Å². The summed E-state index contributed by atoms with van der Waals surface area (Å²) in [5, 5.41) is 3.38. The maximum atomic E-state index is 5.70. The van der Waals surface area contributed by atoms with E-state index in [1.165, 1.54) is 26.1 Å². The van der Waals surface area contributed by atoms with Crippen LogP contribution in [0.25, 0.3) is 0 Å². The molecule has 0 aromatic rings. The van der Waals surface area contributed by atoms with Crippen LogP contribution in [0.5, 0.6) is 0 Å². The molecule has 0 bridgehead atoms. The van der Waals surface area contributed by atoms with Gasteiger partial charge < -0.3 is 15.0 Å². The van der Waals surface area contributed by atoms with Crippen LogP contribution in [-0.4, -0.2) is 50.3 Å². The second kappa shape index (κ2) is 5.28. The van der Waals surface area contributed by atoms with E-state index in [4.69, 9.17) is 4.74 Å². The number of nitrogens with one attached hydrogen (secondary N) is 1. The molecule has 15 heavy (non-hydrogen) atoms. The van der Waals surface area contributed by atoms with Gasteiger partial charge in [-0.3, -0.25) is 0 Å². The largest absolute Gasteiger partial charge is 0.376 e. The highest BCUT2D eigenvalue weighted by Crippen LogP contribution is 2.22. The van der Waals surface area contributed by atoms with Crippen molar-refractivity contribution in [1.82, 2.24) is 10.2 Å². The molecule has 2 fully saturated rings. The summed E-state index contributed by atoms with van der Waals surface area (Å²) < 4.78 is 5.70. The summed E-state index contributed by atoms with van der Waals surface area (Å²) in [6.45, 7) is 11.4. The Morgan fingerprint density at radius 3 is 2.60 bits per heavy atom. The minimum Gasteiger partial charge on any atom is -0.376 e. The topological polar surface area (TPSA) is 24.5 Å². The van der Waals surface area contributed by atoms with Crippen LogP contribution >= 0.6 is 0 Å². The Kier molecular flexibility index (Phi) is 4.00. The van der Waals surface area contributed by atoms with Gasteiger partial charge >= 0.3 is 0 Å². The summed E-state index contributed by atoms with van der Waals surface area (Å²) in [6, 6.07) is 0. The molecule has 0 saturated carbocycles. The third-order valence-electron chi connectivity index (χ3n) is 3.84. The van der Waals surface area contributed by atoms with Crippen molar-refractivity contribution in [3.8, 4) is 0 Å². The van der Waals surface area contributed by atoms with Gasteiger partial charge in [-0.1, -0.05) is 13.8 Å². The van der Waals surface area contributed by atoms with E-state index < -0.39 is 0 Å². The molecule has 0 aromatic heterocycles. The van der Waals surface area contributed by atoms with Gasteiger partial charge in [-0.2, -0.15) is 0 Å². The maximum absolute atomic E-state index is 5.70. The SMILES string of the molecule is CC1CN(CCC2CNCCO2)CC1C. The minimum absolute atomic E-state index is 0.449. The molecule has 0 radical (unpaired) electrons. The highest BCUT2D eigenvalue weighted by Gasteiger charge is 2.26. The second-order valence-corrected chi connectivity index (χ2v) is 5.20. The van der Waals surface area contributed by atoms with E-state index in [0.717, 1.165) is 31.5 Å². The number of nitrogens with zero attached hydrogens (tertiary/aromatic N) is 1. The van der Waals surface area contributed by atoms with Gasteiger partial charge in [-0.05, 0) is 18.3 Å². The first-order valence-electron chi connectivity index (χ1n) is 6.30. The van der Waals surface area contributed by atoms with Gasteiger partial charge in [0.15, 0.2) is 0 Å². The van der Waals surface area contributed by atoms with Crippen LogP contribution in [0.15, 0.2) is 0 Å². The Hall–Kier alpha value is -0.120. The van der Waals surface area contributed by atoms with Crippen LogP contribution in [0.1, 0.15) is 20.3 Å². The minimum atomic E-state index is 0.449. The number of ether oxygens (including phenoxy) is 1. The molecule has 3 heteroatoms. The van der Waals surface area contributed by atoms with Gasteiger partial charge in [0.05, 0.1) is 12.7 Å². The Bertz CT molecular complexity index is 182. The maximum Gasteiger partial charge on any atom is 0.0712 e. The molecular weight excluding hydrogens is 188 g/mol. The van der Waals surface area contributed by atoms with E-state index in [-0.39, 0.29) is 0 Å². The second-order valence-electron chi connectivity index (χ2n) is 5.20. The third kappa shape index (κ3) is 3.16. The Labute approximate surface area is 93.2 Å². The molecule has 2 heterocycles. The predicted molar refractivity (Wildman–Crippen MR) is 62.0 cm³/mol. The average molecular weight is 212 g/mol. The first-order valence-corrected chi connectivity index (χ1v) is 6.30. The zero-order valence-electron chi connectivity index (χ0n) is 10.0. The fourth-order valence-corrected chi connectivity index (χ4v) is 2.56. The molecule has 2 saturated heterocycles. The fraction of sp³-hybridized carbons (Fsp3) is 1.00. The summed E-state index contributed by atoms with van der Waals surface area (Å²) in [5.74, 6) is 1.74. The molecule has 2 aliphatic heterocycles. The summed E-state index contributed by atoms with van der Waals surface area (Å²) in [6.07, 6.45) is 1.64. The monoisotopic (exact) mass is 212 g/mol. The summed E-state index contributed by atoms with van der Waals surface area (Å²) in [4.78, 5) is 2.59. The van der Waals surface area contributed by atoms with Crippen LogP contribution in [0, 0.1) is 11.8 Å². The van der Waals surface area contributed by atoms with Crippen molar-refractivity contribution in [2.24, 2.45) is 11.8 Å². The zero-order valence-corrected chi connectivity index (χ0v) is 10.0. The van der Waals surface area contributed by atoms with Gasteiger partial charge in [0.1, 0.15) is 0 Å². The number of hydrogen-bond acceptors (Lipinski definition) is 3. The van der Waals surface area contributed by atoms with Crippen molar-refractivity contribution in [3.05, 3.63) is 0 Å². The predicted octanol–water partition coefficient (Wildman–Crippen LogP) is 0.953. The Morgan fingerprint density at radius 1 is 1.27 bits per heavy atom. The smallest absolute Gasteiger partial charge is 0.0712 e. The normalized spacial score (nSPS) is 38.4. The highest BCUT2D eigenvalue weighted by molar-refractivity contribution is 4.79. The lowest BCUT2D eigenvalue weighted by Gasteiger charge is -2.25. The van der Waals surface area contributed by atoms with Crippen molar-refractivity contribution in [1.29, 1.82) is 0 Å². The van der Waals surface area contributed by atoms with E-state index in [9.17, 15) is 0 Å². The molecule has 3 nitrogen and oxygen atoms in total. The highest BCUT2D eigenvalue weighted by atomic mass is 16.5. The van der Waals surface area contributed by atoms with Crippen molar-refractivity contribution < 1.29 is 4.74 Å². The van der Waals surface area contributed by atoms with Gasteiger partial charge in [-0.15, -0.1) is 0 Å². The third-order valence-corrected chi connectivity index (χ3v) is 3.84. The van der Waals surface area contributed by atoms with Crippen LogP contribution < -0.4 is 5.32 Å². The van der Waals surface area contributed by atoms with E-state index in [1.54, 1.807) is 0 Å². The van der Waals surface area contributed by atoms with Crippen LogP contribution in [0.4, 0.5) is 0 Å². The van der Waals surface area contributed by atoms with Crippen molar-refractivity contribution in [2.45, 2.75) is 26.4 Å². The quantitative estimate of drug-likeness (QED) is 0.754. The molecule has 88 valence electrons. The molecule has 0 aromatic carbocycles. The molecule has 1 N–H and O–H groups in total. The van der Waals surface area contributed by atoms with Gasteiger partial charge in [-0.25, -0.2) is 0 Å². The van der Waals surface area contributed by atoms with Gasteiger partial charge in [0.25, 0.3) is 0 Å². The number of morpholine rings is 1. The van der Waals surface area contributed by atoms with E-state index in [1.807, 2.05) is 0 Å². The zero-order chi connectivity index (χ0) is 10.7. The Morgan fingerprint density at radius 2 is 2.00 bits per heavy atom. The number of rotatable bonds is 3. The molecule has 0 amide bonds. The lowest BCUT2D eigenvalue weighted by Crippen LogP contribution is -2.40. The summed E-state index contributed by atoms with van der Waals surface area (Å²) in [5.41, 5.74) is 0. The lowest BCUT2D eigenvalue weighted by molar-refractivity contribution is 0.0184. The molecule has 0 aliphatic carbocycles. The van der Waals surface area contributed by atoms with Crippen molar-refractivity contribution in [2.75, 3.05) is 39.3 Å². The molecule has 2 rings (SSSR count). The lowest BCUT2D eigenvalue weighted by atomic mass is 10.0. The van der Waals surface area contributed by atoms with Crippen LogP contribution in [0.2, 0.25) is 0 Å². The van der Waals surface area contributed by atoms with E-state index in [2.05, 4.69) is 24.1 Å². The van der Waals surface area contributed by atoms with Crippen molar-refractivity contribution >= 4 is 0 Å². The first kappa shape index (κ1) is 11.4. The standard InChI is InChI=1S/C12H24N2O/c1-10-8-14(9-11(10)2)5-3-12-7-13-4-6-15-12/h10-13H,3-9H2,1-2H3. The van der Waals surface area contributed by atoms with Crippen LogP contribution in [-0.2, 0) is 4.74 Å². The number of likely N-dealkylation sites (tertiary alicyclic amines) is 1. The summed E-state index contributed by atoms with van der Waals surface area (Å²) in [7, 11) is 0. The molecule has 3 unspecified atom stereocenters. The average Bonchev–Trinajstić information content (AvgIpc) is 2.57. The Balaban J connectivity index is 1.65. The molecule has 2 aliphatic rings. The molecule has 0 spiro atoms.